The van der Waals surface area contributed by atoms with Gasteiger partial charge in [0.2, 0.25) is 5.91 Å². The minimum absolute atomic E-state index is 0.0313. The first-order valence-electron chi connectivity index (χ1n) is 11.4. The van der Waals surface area contributed by atoms with E-state index in [9.17, 15) is 13.2 Å². The van der Waals surface area contributed by atoms with Crippen LogP contribution in [0.25, 0.3) is 0 Å². The molecule has 0 heterocycles. The Hall–Kier alpha value is -1.56. The minimum Gasteiger partial charge on any atom is -0.308 e. The standard InChI is InChI=1S/C26H31Cl2NO3S/c1-17(2)29(23(30)24(3,4)5)22-11-6-18(14-21(22)28)26(15-25(16-26)12-13-25)33(31,32)20-9-7-19(27)8-10-20/h6-11,14,17H,12-13,15-16H2,1-5H3. The summed E-state index contributed by atoms with van der Waals surface area (Å²) in [6, 6.07) is 11.7. The van der Waals surface area contributed by atoms with Crippen LogP contribution in [-0.2, 0) is 19.4 Å². The zero-order chi connectivity index (χ0) is 24.4. The summed E-state index contributed by atoms with van der Waals surface area (Å²) < 4.78 is 26.8. The second-order valence-corrected chi connectivity index (χ2v) is 14.1. The van der Waals surface area contributed by atoms with Crippen molar-refractivity contribution >= 4 is 44.6 Å². The van der Waals surface area contributed by atoms with Crippen LogP contribution in [0.1, 0.15) is 65.9 Å². The molecule has 4 nitrogen and oxygen atoms in total. The van der Waals surface area contributed by atoms with Gasteiger partial charge in [0, 0.05) is 16.5 Å². The van der Waals surface area contributed by atoms with E-state index in [0.717, 1.165) is 12.8 Å². The number of halogens is 2. The number of amides is 1. The summed E-state index contributed by atoms with van der Waals surface area (Å²) in [6.45, 7) is 9.53. The van der Waals surface area contributed by atoms with Crippen molar-refractivity contribution in [2.75, 3.05) is 4.90 Å². The molecule has 0 atom stereocenters. The first-order chi connectivity index (χ1) is 15.2. The van der Waals surface area contributed by atoms with Crippen LogP contribution in [-0.4, -0.2) is 20.4 Å². The van der Waals surface area contributed by atoms with Gasteiger partial charge in [-0.25, -0.2) is 8.42 Å². The molecule has 4 rings (SSSR count). The zero-order valence-corrected chi connectivity index (χ0v) is 22.1. The molecular formula is C26H31Cl2NO3S. The van der Waals surface area contributed by atoms with Crippen LogP contribution in [0.15, 0.2) is 47.4 Å². The minimum atomic E-state index is -3.67. The van der Waals surface area contributed by atoms with Crippen LogP contribution in [0.5, 0.6) is 0 Å². The van der Waals surface area contributed by atoms with E-state index < -0.39 is 20.0 Å². The molecule has 2 aliphatic rings. The Kier molecular flexibility index (Phi) is 5.95. The highest BCUT2D eigenvalue weighted by molar-refractivity contribution is 7.92. The molecule has 0 bridgehead atoms. The lowest BCUT2D eigenvalue weighted by Gasteiger charge is -2.48. The third-order valence-corrected chi connectivity index (χ3v) is 10.0. The van der Waals surface area contributed by atoms with Crippen LogP contribution in [0.4, 0.5) is 5.69 Å². The van der Waals surface area contributed by atoms with Gasteiger partial charge < -0.3 is 4.90 Å². The number of nitrogens with zero attached hydrogens (tertiary/aromatic N) is 1. The number of carbonyl (C=O) groups is 1. The van der Waals surface area contributed by atoms with Crippen molar-refractivity contribution in [2.24, 2.45) is 10.8 Å². The number of anilines is 1. The van der Waals surface area contributed by atoms with E-state index in [1.807, 2.05) is 40.7 Å². The molecule has 0 aliphatic heterocycles. The van der Waals surface area contributed by atoms with Gasteiger partial charge in [-0.3, -0.25) is 4.79 Å². The number of benzene rings is 2. The Labute approximate surface area is 207 Å². The van der Waals surface area contributed by atoms with Crippen molar-refractivity contribution in [2.45, 2.75) is 76.0 Å². The monoisotopic (exact) mass is 507 g/mol. The van der Waals surface area contributed by atoms with Crippen LogP contribution < -0.4 is 4.90 Å². The molecule has 33 heavy (non-hydrogen) atoms. The smallest absolute Gasteiger partial charge is 0.232 e. The Balaban J connectivity index is 1.78. The fourth-order valence-electron chi connectivity index (χ4n) is 5.05. The lowest BCUT2D eigenvalue weighted by Crippen LogP contribution is -2.49. The van der Waals surface area contributed by atoms with Gasteiger partial charge in [-0.2, -0.15) is 0 Å². The van der Waals surface area contributed by atoms with Gasteiger partial charge in [-0.05, 0) is 86.9 Å². The summed E-state index contributed by atoms with van der Waals surface area (Å²) in [5.74, 6) is -0.0313. The summed E-state index contributed by atoms with van der Waals surface area (Å²) in [4.78, 5) is 15.1. The molecule has 178 valence electrons. The topological polar surface area (TPSA) is 54.5 Å². The zero-order valence-electron chi connectivity index (χ0n) is 19.8. The van der Waals surface area contributed by atoms with Crippen molar-refractivity contribution in [1.82, 2.24) is 0 Å². The van der Waals surface area contributed by atoms with Crippen molar-refractivity contribution in [3.63, 3.8) is 0 Å². The summed E-state index contributed by atoms with van der Waals surface area (Å²) in [7, 11) is -3.67. The molecule has 0 N–H and O–H groups in total. The Bertz CT molecular complexity index is 1190. The third kappa shape index (κ3) is 4.11. The van der Waals surface area contributed by atoms with Crippen molar-refractivity contribution < 1.29 is 13.2 Å². The van der Waals surface area contributed by atoms with Crippen LogP contribution in [0.2, 0.25) is 10.0 Å². The summed E-state index contributed by atoms with van der Waals surface area (Å²) in [6.07, 6.45) is 3.32. The number of hydrogen-bond acceptors (Lipinski definition) is 3. The van der Waals surface area contributed by atoms with E-state index in [-0.39, 0.29) is 22.3 Å². The number of hydrogen-bond donors (Lipinski definition) is 0. The maximum atomic E-state index is 13.9. The maximum Gasteiger partial charge on any atom is 0.232 e. The molecule has 2 aromatic rings. The Morgan fingerprint density at radius 3 is 2.03 bits per heavy atom. The molecule has 2 aliphatic carbocycles. The molecular weight excluding hydrogens is 477 g/mol. The Morgan fingerprint density at radius 2 is 1.58 bits per heavy atom. The highest BCUT2D eigenvalue weighted by Crippen LogP contribution is 2.71. The average Bonchev–Trinajstić information content (AvgIpc) is 3.48. The summed E-state index contributed by atoms with van der Waals surface area (Å²) in [5, 5.41) is 0.890. The highest BCUT2D eigenvalue weighted by Gasteiger charge is 2.67. The van der Waals surface area contributed by atoms with Crippen molar-refractivity contribution in [3.05, 3.63) is 58.1 Å². The fourth-order valence-corrected chi connectivity index (χ4v) is 7.82. The first-order valence-corrected chi connectivity index (χ1v) is 13.6. The summed E-state index contributed by atoms with van der Waals surface area (Å²) >= 11 is 12.7. The van der Waals surface area contributed by atoms with E-state index in [2.05, 4.69) is 0 Å². The summed E-state index contributed by atoms with van der Waals surface area (Å²) in [5.41, 5.74) is 0.861. The molecule has 7 heteroatoms. The maximum absolute atomic E-state index is 13.9. The predicted octanol–water partition coefficient (Wildman–Crippen LogP) is 7.02. The molecule has 2 aromatic carbocycles. The van der Waals surface area contributed by atoms with Gasteiger partial charge >= 0.3 is 0 Å². The number of rotatable bonds is 5. The lowest BCUT2D eigenvalue weighted by atomic mass is 9.67. The van der Waals surface area contributed by atoms with E-state index in [0.29, 0.717) is 34.1 Å². The van der Waals surface area contributed by atoms with E-state index >= 15 is 0 Å². The van der Waals surface area contributed by atoms with Gasteiger partial charge in [-0.1, -0.05) is 50.0 Å². The molecule has 0 radical (unpaired) electrons. The number of carbonyl (C=O) groups excluding carboxylic acids is 1. The molecule has 2 saturated carbocycles. The average molecular weight is 509 g/mol. The quantitative estimate of drug-likeness (QED) is 0.436. The largest absolute Gasteiger partial charge is 0.308 e. The van der Waals surface area contributed by atoms with Gasteiger partial charge in [0.1, 0.15) is 4.75 Å². The van der Waals surface area contributed by atoms with Gasteiger partial charge in [0.15, 0.2) is 9.84 Å². The van der Waals surface area contributed by atoms with Crippen LogP contribution >= 0.6 is 23.2 Å². The second kappa shape index (κ2) is 8.00. The van der Waals surface area contributed by atoms with E-state index in [4.69, 9.17) is 23.2 Å². The second-order valence-electron chi connectivity index (χ2n) is 11.0. The molecule has 1 spiro atoms. The molecule has 0 unspecified atom stereocenters. The predicted molar refractivity (Wildman–Crippen MR) is 135 cm³/mol. The lowest BCUT2D eigenvalue weighted by molar-refractivity contribution is -0.126. The fraction of sp³-hybridized carbons (Fsp3) is 0.500. The first kappa shape index (κ1) is 24.6. The highest BCUT2D eigenvalue weighted by atomic mass is 35.5. The number of sulfone groups is 1. The Morgan fingerprint density at radius 1 is 1.00 bits per heavy atom. The molecule has 0 saturated heterocycles. The van der Waals surface area contributed by atoms with Gasteiger partial charge in [0.25, 0.3) is 0 Å². The van der Waals surface area contributed by atoms with Gasteiger partial charge in [-0.15, -0.1) is 0 Å². The van der Waals surface area contributed by atoms with Crippen molar-refractivity contribution in [1.29, 1.82) is 0 Å². The van der Waals surface area contributed by atoms with E-state index in [1.54, 1.807) is 41.3 Å². The van der Waals surface area contributed by atoms with E-state index in [1.165, 1.54) is 0 Å². The third-order valence-electron chi connectivity index (χ3n) is 7.03. The molecule has 1 amide bonds. The molecule has 2 fully saturated rings. The SMILES string of the molecule is CC(C)N(C(=O)C(C)(C)C)c1ccc(C2(S(=O)(=O)c3ccc(Cl)cc3)CC3(CC3)C2)cc1Cl. The normalized spacial score (nSPS) is 18.8. The van der Waals surface area contributed by atoms with Crippen molar-refractivity contribution in [3.8, 4) is 0 Å². The van der Waals surface area contributed by atoms with Crippen LogP contribution in [0.3, 0.4) is 0 Å². The van der Waals surface area contributed by atoms with Gasteiger partial charge in [0.05, 0.1) is 15.6 Å². The van der Waals surface area contributed by atoms with Crippen LogP contribution in [0, 0.1) is 10.8 Å². The molecule has 0 aromatic heterocycles.